The van der Waals surface area contributed by atoms with Gasteiger partial charge in [-0.15, -0.1) is 11.3 Å². The van der Waals surface area contributed by atoms with E-state index in [1.807, 2.05) is 5.38 Å². The van der Waals surface area contributed by atoms with E-state index in [4.69, 9.17) is 4.74 Å². The molecule has 0 aliphatic carbocycles. The van der Waals surface area contributed by atoms with Crippen LogP contribution in [-0.2, 0) is 9.53 Å². The molecule has 114 valence electrons. The maximum Gasteiger partial charge on any atom is 0.281 e. The topological polar surface area (TPSA) is 79.8 Å². The normalized spacial score (nSPS) is 18.5. The molecule has 1 fully saturated rings. The predicted octanol–water partition coefficient (Wildman–Crippen LogP) is 1.54. The molecule has 1 unspecified atom stereocenters. The first-order valence-corrected chi connectivity index (χ1v) is 7.78. The minimum absolute atomic E-state index is 0.114. The Morgan fingerprint density at radius 1 is 1.52 bits per heavy atom. The van der Waals surface area contributed by atoms with Crippen LogP contribution in [0, 0.1) is 0 Å². The number of rotatable bonds is 6. The molecule has 2 heterocycles. The van der Waals surface area contributed by atoms with Gasteiger partial charge in [0.15, 0.2) is 0 Å². The highest BCUT2D eigenvalue weighted by Crippen LogP contribution is 2.10. The zero-order valence-corrected chi connectivity index (χ0v) is 12.7. The predicted molar refractivity (Wildman–Crippen MR) is 81.5 cm³/mol. The first-order chi connectivity index (χ1) is 10.1. The highest BCUT2D eigenvalue weighted by Gasteiger charge is 2.16. The fraction of sp³-hybridized carbons (Fsp3) is 0.500. The van der Waals surface area contributed by atoms with Gasteiger partial charge in [0.2, 0.25) is 5.91 Å². The first kappa shape index (κ1) is 15.7. The van der Waals surface area contributed by atoms with Crippen molar-refractivity contribution in [1.29, 1.82) is 0 Å². The van der Waals surface area contributed by atoms with Crippen LogP contribution in [0.5, 0.6) is 0 Å². The lowest BCUT2D eigenvalue weighted by molar-refractivity contribution is -0.120. The number of amides is 2. The van der Waals surface area contributed by atoms with E-state index in [1.165, 1.54) is 11.3 Å². The van der Waals surface area contributed by atoms with Crippen molar-refractivity contribution in [2.75, 3.05) is 13.2 Å². The smallest absolute Gasteiger partial charge is 0.281 e. The Hall–Kier alpha value is -1.73. The largest absolute Gasteiger partial charge is 0.376 e. The zero-order chi connectivity index (χ0) is 15.1. The van der Waals surface area contributed by atoms with Crippen LogP contribution in [0.25, 0.3) is 0 Å². The Balaban J connectivity index is 1.69. The van der Waals surface area contributed by atoms with E-state index in [2.05, 4.69) is 15.8 Å². The van der Waals surface area contributed by atoms with Gasteiger partial charge < -0.3 is 10.1 Å². The van der Waals surface area contributed by atoms with Gasteiger partial charge in [-0.3, -0.25) is 9.59 Å². The molecule has 21 heavy (non-hydrogen) atoms. The maximum absolute atomic E-state index is 11.7. The summed E-state index contributed by atoms with van der Waals surface area (Å²) in [5.41, 5.74) is 3.00. The molecule has 2 rings (SSSR count). The highest BCUT2D eigenvalue weighted by molar-refractivity contribution is 7.12. The van der Waals surface area contributed by atoms with E-state index in [-0.39, 0.29) is 24.3 Å². The van der Waals surface area contributed by atoms with Gasteiger partial charge in [0.05, 0.1) is 17.4 Å². The Labute approximate surface area is 127 Å². The molecular formula is C14H19N3O3S. The van der Waals surface area contributed by atoms with Crippen LogP contribution in [-0.4, -0.2) is 36.8 Å². The van der Waals surface area contributed by atoms with Crippen molar-refractivity contribution >= 4 is 28.9 Å². The minimum atomic E-state index is -0.260. The molecule has 1 atom stereocenters. The van der Waals surface area contributed by atoms with Crippen LogP contribution in [0.1, 0.15) is 35.9 Å². The molecule has 2 N–H and O–H groups in total. The summed E-state index contributed by atoms with van der Waals surface area (Å²) >= 11 is 1.34. The lowest BCUT2D eigenvalue weighted by Gasteiger charge is -2.10. The summed E-state index contributed by atoms with van der Waals surface area (Å²) in [5, 5.41) is 8.57. The van der Waals surface area contributed by atoms with Crippen LogP contribution >= 0.6 is 11.3 Å². The number of ether oxygens (including phenoxy) is 1. The zero-order valence-electron chi connectivity index (χ0n) is 11.9. The fourth-order valence-electron chi connectivity index (χ4n) is 1.98. The molecule has 7 heteroatoms. The van der Waals surface area contributed by atoms with Crippen molar-refractivity contribution < 1.29 is 14.3 Å². The van der Waals surface area contributed by atoms with E-state index in [9.17, 15) is 9.59 Å². The van der Waals surface area contributed by atoms with Gasteiger partial charge in [-0.1, -0.05) is 6.07 Å². The molecular weight excluding hydrogens is 290 g/mol. The summed E-state index contributed by atoms with van der Waals surface area (Å²) in [7, 11) is 0. The van der Waals surface area contributed by atoms with Gasteiger partial charge in [0.25, 0.3) is 5.91 Å². The van der Waals surface area contributed by atoms with Gasteiger partial charge in [0.1, 0.15) is 0 Å². The summed E-state index contributed by atoms with van der Waals surface area (Å²) < 4.78 is 5.43. The molecule has 6 nitrogen and oxygen atoms in total. The average Bonchev–Trinajstić information content (AvgIpc) is 3.15. The third kappa shape index (κ3) is 5.28. The summed E-state index contributed by atoms with van der Waals surface area (Å²) in [6.45, 7) is 3.02. The second-order valence-electron chi connectivity index (χ2n) is 4.88. The van der Waals surface area contributed by atoms with Crippen molar-refractivity contribution in [3.63, 3.8) is 0 Å². The molecule has 1 aromatic rings. The third-order valence-electron chi connectivity index (χ3n) is 3.06. The summed E-state index contributed by atoms with van der Waals surface area (Å²) in [4.78, 5) is 24.0. The summed E-state index contributed by atoms with van der Waals surface area (Å²) in [5.74, 6) is -0.374. The Bertz CT molecular complexity index is 508. The van der Waals surface area contributed by atoms with Crippen LogP contribution in [0.15, 0.2) is 22.6 Å². The fourth-order valence-corrected chi connectivity index (χ4v) is 2.59. The van der Waals surface area contributed by atoms with E-state index in [0.29, 0.717) is 17.1 Å². The quantitative estimate of drug-likeness (QED) is 0.618. The van der Waals surface area contributed by atoms with Crippen LogP contribution in [0.2, 0.25) is 0 Å². The Morgan fingerprint density at radius 3 is 3.05 bits per heavy atom. The van der Waals surface area contributed by atoms with Gasteiger partial charge in [-0.2, -0.15) is 5.10 Å². The molecule has 0 radical (unpaired) electrons. The van der Waals surface area contributed by atoms with Crippen molar-refractivity contribution in [1.82, 2.24) is 10.7 Å². The molecule has 1 aliphatic rings. The van der Waals surface area contributed by atoms with E-state index < -0.39 is 0 Å². The Kier molecular flexibility index (Phi) is 5.89. The second-order valence-corrected chi connectivity index (χ2v) is 5.83. The first-order valence-electron chi connectivity index (χ1n) is 6.90. The van der Waals surface area contributed by atoms with E-state index >= 15 is 0 Å². The second kappa shape index (κ2) is 7.90. The maximum atomic E-state index is 11.7. The lowest BCUT2D eigenvalue weighted by atomic mass is 10.2. The average molecular weight is 309 g/mol. The summed E-state index contributed by atoms with van der Waals surface area (Å²) in [6, 6.07) is 3.52. The monoisotopic (exact) mass is 309 g/mol. The van der Waals surface area contributed by atoms with Crippen molar-refractivity contribution in [3.8, 4) is 0 Å². The number of nitrogens with one attached hydrogen (secondary N) is 2. The number of hydrogen-bond donors (Lipinski definition) is 2. The molecule has 1 saturated heterocycles. The molecule has 0 spiro atoms. The van der Waals surface area contributed by atoms with Gasteiger partial charge >= 0.3 is 0 Å². The number of thiophene rings is 1. The highest BCUT2D eigenvalue weighted by atomic mass is 32.1. The van der Waals surface area contributed by atoms with Crippen LogP contribution in [0.3, 0.4) is 0 Å². The minimum Gasteiger partial charge on any atom is -0.376 e. The van der Waals surface area contributed by atoms with E-state index in [0.717, 1.165) is 19.4 Å². The standard InChI is InChI=1S/C14H19N3O3S/c1-10(16-17-14(19)12-5-3-7-21-12)8-13(18)15-9-11-4-2-6-20-11/h3,5,7,11H,2,4,6,8-9H2,1H3,(H,15,18)(H,17,19). The lowest BCUT2D eigenvalue weighted by Crippen LogP contribution is -2.33. The molecule has 2 amide bonds. The molecule has 1 aliphatic heterocycles. The summed E-state index contributed by atoms with van der Waals surface area (Å²) in [6.07, 6.45) is 2.34. The number of hydrogen-bond acceptors (Lipinski definition) is 5. The third-order valence-corrected chi connectivity index (χ3v) is 3.93. The number of carbonyl (C=O) groups is 2. The van der Waals surface area contributed by atoms with E-state index in [1.54, 1.807) is 19.1 Å². The van der Waals surface area contributed by atoms with Crippen molar-refractivity contribution in [2.45, 2.75) is 32.3 Å². The molecule has 0 bridgehead atoms. The number of nitrogens with zero attached hydrogens (tertiary/aromatic N) is 1. The number of hydrazone groups is 1. The SMILES string of the molecule is CC(CC(=O)NCC1CCCO1)=NNC(=O)c1cccs1. The van der Waals surface area contributed by atoms with Crippen LogP contribution in [0.4, 0.5) is 0 Å². The molecule has 0 aromatic carbocycles. The van der Waals surface area contributed by atoms with Crippen molar-refractivity contribution in [2.24, 2.45) is 5.10 Å². The number of carbonyl (C=O) groups excluding carboxylic acids is 2. The van der Waals surface area contributed by atoms with Gasteiger partial charge in [0, 0.05) is 18.9 Å². The van der Waals surface area contributed by atoms with Crippen molar-refractivity contribution in [3.05, 3.63) is 22.4 Å². The van der Waals surface area contributed by atoms with Gasteiger partial charge in [-0.25, -0.2) is 5.43 Å². The van der Waals surface area contributed by atoms with Crippen LogP contribution < -0.4 is 10.7 Å². The molecule has 1 aromatic heterocycles. The van der Waals surface area contributed by atoms with Gasteiger partial charge in [-0.05, 0) is 31.2 Å². The molecule has 0 saturated carbocycles. The Morgan fingerprint density at radius 2 is 2.38 bits per heavy atom.